The smallest absolute Gasteiger partial charge is 0.353 e. The van der Waals surface area contributed by atoms with Crippen LogP contribution in [0.3, 0.4) is 0 Å². The molecule has 0 spiro atoms. The molecule has 0 fully saturated rings. The second-order valence-electron chi connectivity index (χ2n) is 4.67. The molecule has 0 bridgehead atoms. The second-order valence-corrected chi connectivity index (χ2v) is 6.24. The fraction of sp³-hybridized carbons (Fsp3) is 0.143. The van der Waals surface area contributed by atoms with Crippen molar-refractivity contribution in [3.63, 3.8) is 0 Å². The number of aromatic nitrogens is 1. The van der Waals surface area contributed by atoms with Crippen LogP contribution in [0, 0.1) is 5.41 Å². The minimum absolute atomic E-state index is 0.0608. The summed E-state index contributed by atoms with van der Waals surface area (Å²) in [5, 5.41) is 15.3. The highest BCUT2D eigenvalue weighted by molar-refractivity contribution is 7.86. The molecule has 0 saturated heterocycles. The van der Waals surface area contributed by atoms with Gasteiger partial charge in [-0.25, -0.2) is 4.79 Å². The topological polar surface area (TPSA) is 161 Å². The van der Waals surface area contributed by atoms with E-state index >= 15 is 0 Å². The van der Waals surface area contributed by atoms with Crippen LogP contribution in [0.4, 0.5) is 0 Å². The molecule has 0 unspecified atom stereocenters. The van der Waals surface area contributed by atoms with Gasteiger partial charge in [-0.3, -0.25) is 5.41 Å². The van der Waals surface area contributed by atoms with Crippen LogP contribution < -0.4 is 11.5 Å². The van der Waals surface area contributed by atoms with Crippen molar-refractivity contribution in [1.82, 2.24) is 4.57 Å². The van der Waals surface area contributed by atoms with Crippen molar-refractivity contribution < 1.29 is 22.5 Å². The van der Waals surface area contributed by atoms with E-state index in [-0.39, 0.29) is 18.1 Å². The highest BCUT2D eigenvalue weighted by Gasteiger charge is 2.15. The maximum atomic E-state index is 11.8. The third-order valence-electron chi connectivity index (χ3n) is 2.53. The fourth-order valence-electron chi connectivity index (χ4n) is 1.72. The minimum Gasteiger partial charge on any atom is -0.392 e. The third-order valence-corrected chi connectivity index (χ3v) is 2.98. The Balaban J connectivity index is 0.000000648. The Labute approximate surface area is 139 Å². The molecule has 0 saturated carbocycles. The summed E-state index contributed by atoms with van der Waals surface area (Å²) < 4.78 is 28.0. The van der Waals surface area contributed by atoms with Gasteiger partial charge in [-0.15, -0.1) is 0 Å². The molecule has 0 atom stereocenters. The van der Waals surface area contributed by atoms with Crippen LogP contribution in [-0.4, -0.2) is 36.3 Å². The van der Waals surface area contributed by atoms with Crippen molar-refractivity contribution in [2.24, 2.45) is 11.5 Å². The largest absolute Gasteiger partial charge is 0.392 e. The average Bonchev–Trinajstić information content (AvgIpc) is 2.98. The molecule has 130 valence electrons. The van der Waals surface area contributed by atoms with E-state index < -0.39 is 16.1 Å². The van der Waals surface area contributed by atoms with Gasteiger partial charge in [0.2, 0.25) is 0 Å². The van der Waals surface area contributed by atoms with Gasteiger partial charge < -0.3 is 25.3 Å². The Kier molecular flexibility index (Phi) is 6.50. The quantitative estimate of drug-likeness (QED) is 0.339. The monoisotopic (exact) mass is 354 g/mol. The molecule has 0 aliphatic rings. The van der Waals surface area contributed by atoms with Crippen LogP contribution in [0.1, 0.15) is 15.9 Å². The number of aliphatic hydroxyl groups is 1. The van der Waals surface area contributed by atoms with E-state index in [0.29, 0.717) is 11.3 Å². The Morgan fingerprint density at radius 2 is 1.79 bits per heavy atom. The van der Waals surface area contributed by atoms with Crippen molar-refractivity contribution in [3.8, 4) is 5.69 Å². The van der Waals surface area contributed by atoms with Crippen molar-refractivity contribution >= 4 is 22.0 Å². The number of carbonyl (C=O) groups is 1. The Morgan fingerprint density at radius 3 is 2.25 bits per heavy atom. The number of nitrogens with zero attached hydrogens (tertiary/aromatic N) is 1. The molecule has 0 amide bonds. The van der Waals surface area contributed by atoms with Gasteiger partial charge in [0.25, 0.3) is 0 Å². The average molecular weight is 354 g/mol. The summed E-state index contributed by atoms with van der Waals surface area (Å²) in [5.74, 6) is -1.31. The molecular weight excluding hydrogens is 336 g/mol. The highest BCUT2D eigenvalue weighted by Crippen LogP contribution is 2.16. The number of carbonyl (C=O) groups excluding carboxylic acids is 1. The lowest BCUT2D eigenvalue weighted by molar-refractivity contribution is 0.0748. The number of benzene rings is 1. The first-order chi connectivity index (χ1) is 11.1. The zero-order chi connectivity index (χ0) is 18.3. The van der Waals surface area contributed by atoms with Crippen LogP contribution >= 0.6 is 0 Å². The van der Waals surface area contributed by atoms with E-state index in [9.17, 15) is 18.3 Å². The van der Waals surface area contributed by atoms with Crippen LogP contribution in [0.15, 0.2) is 42.7 Å². The molecule has 1 aromatic carbocycles. The van der Waals surface area contributed by atoms with E-state index in [1.165, 1.54) is 12.1 Å². The zero-order valence-corrected chi connectivity index (χ0v) is 13.7. The van der Waals surface area contributed by atoms with Gasteiger partial charge in [0.1, 0.15) is 0 Å². The molecule has 0 aliphatic carbocycles. The molecule has 24 heavy (non-hydrogen) atoms. The highest BCUT2D eigenvalue weighted by atomic mass is 32.2. The van der Waals surface area contributed by atoms with Crippen LogP contribution in [0.25, 0.3) is 5.69 Å². The number of nitrogens with one attached hydrogen (secondary N) is 1. The number of aliphatic hydroxyl groups excluding tert-OH is 1. The molecule has 0 radical (unpaired) electrons. The van der Waals surface area contributed by atoms with Crippen LogP contribution in [0.5, 0.6) is 0 Å². The predicted molar refractivity (Wildman–Crippen MR) is 88.1 cm³/mol. The summed E-state index contributed by atoms with van der Waals surface area (Å²) in [6.07, 6.45) is 4.33. The van der Waals surface area contributed by atoms with Gasteiger partial charge in [-0.05, 0) is 35.9 Å². The van der Waals surface area contributed by atoms with Crippen LogP contribution in [0.2, 0.25) is 0 Å². The fourth-order valence-corrected chi connectivity index (χ4v) is 2.10. The van der Waals surface area contributed by atoms with Gasteiger partial charge in [0.15, 0.2) is 5.96 Å². The molecule has 2 rings (SSSR count). The van der Waals surface area contributed by atoms with Crippen molar-refractivity contribution in [3.05, 3.63) is 53.9 Å². The molecule has 2 aromatic rings. The predicted octanol–water partition coefficient (Wildman–Crippen LogP) is -0.0754. The number of rotatable bonds is 4. The first kappa shape index (κ1) is 19.2. The zero-order valence-electron chi connectivity index (χ0n) is 12.8. The van der Waals surface area contributed by atoms with E-state index in [1.54, 1.807) is 35.2 Å². The van der Waals surface area contributed by atoms with Crippen molar-refractivity contribution in [2.75, 3.05) is 6.26 Å². The summed E-state index contributed by atoms with van der Waals surface area (Å²) in [6, 6.07) is 8.19. The molecule has 0 aliphatic heterocycles. The maximum Gasteiger partial charge on any atom is 0.353 e. The van der Waals surface area contributed by atoms with Crippen molar-refractivity contribution in [2.45, 2.75) is 6.61 Å². The lowest BCUT2D eigenvalue weighted by Gasteiger charge is -2.09. The molecule has 10 heteroatoms. The lowest BCUT2D eigenvalue weighted by Crippen LogP contribution is -2.20. The van der Waals surface area contributed by atoms with E-state index in [4.69, 9.17) is 5.41 Å². The summed E-state index contributed by atoms with van der Waals surface area (Å²) in [7, 11) is -3.88. The standard InChI is InChI=1S/C13H13NO5S.CH5N3/c1-20(17,18)19-13(16)11-6-10(9-15)7-12(8-11)14-4-2-3-5-14;2-1(3)4/h2-8,15H,9H2,1H3;(H5,2,3,4). The maximum absolute atomic E-state index is 11.8. The number of hydrogen-bond acceptors (Lipinski definition) is 6. The Hall–Kier alpha value is -2.85. The number of nitrogens with two attached hydrogens (primary N) is 2. The summed E-state index contributed by atoms with van der Waals surface area (Å²) in [5.41, 5.74) is 10.1. The van der Waals surface area contributed by atoms with Gasteiger partial charge in [-0.2, -0.15) is 8.42 Å². The molecule has 6 N–H and O–H groups in total. The third kappa shape index (κ3) is 6.50. The molecule has 9 nitrogen and oxygen atoms in total. The summed E-state index contributed by atoms with van der Waals surface area (Å²) >= 11 is 0. The van der Waals surface area contributed by atoms with Gasteiger partial charge in [-0.1, -0.05) is 0 Å². The Bertz CT molecular complexity index is 812. The summed E-state index contributed by atoms with van der Waals surface area (Å²) in [4.78, 5) is 11.8. The lowest BCUT2D eigenvalue weighted by atomic mass is 10.1. The second kappa shape index (κ2) is 8.13. The Morgan fingerprint density at radius 1 is 1.25 bits per heavy atom. The van der Waals surface area contributed by atoms with Gasteiger partial charge >= 0.3 is 16.1 Å². The number of hydrogen-bond donors (Lipinski definition) is 4. The molecule has 1 heterocycles. The van der Waals surface area contributed by atoms with E-state index in [0.717, 1.165) is 6.26 Å². The van der Waals surface area contributed by atoms with Gasteiger partial charge in [0.05, 0.1) is 18.4 Å². The normalized spacial score (nSPS) is 10.4. The summed E-state index contributed by atoms with van der Waals surface area (Å²) in [6.45, 7) is -0.270. The minimum atomic E-state index is -3.88. The SMILES string of the molecule is CS(=O)(=O)OC(=O)c1cc(CO)cc(-n2cccc2)c1.N=C(N)N. The van der Waals surface area contributed by atoms with Gasteiger partial charge in [0, 0.05) is 18.1 Å². The first-order valence-electron chi connectivity index (χ1n) is 6.54. The van der Waals surface area contributed by atoms with Crippen molar-refractivity contribution in [1.29, 1.82) is 5.41 Å². The molecule has 1 aromatic heterocycles. The van der Waals surface area contributed by atoms with E-state index in [2.05, 4.69) is 15.7 Å². The van der Waals surface area contributed by atoms with E-state index in [1.807, 2.05) is 0 Å². The number of guanidine groups is 1. The molecular formula is C14H18N4O5S. The van der Waals surface area contributed by atoms with Crippen LogP contribution in [-0.2, 0) is 20.9 Å². The first-order valence-corrected chi connectivity index (χ1v) is 8.35.